The molecule has 0 bridgehead atoms. The first kappa shape index (κ1) is 14.3. The highest BCUT2D eigenvalue weighted by Crippen LogP contribution is 2.18. The summed E-state index contributed by atoms with van der Waals surface area (Å²) in [6.45, 7) is 2.59. The molecule has 1 saturated heterocycles. The standard InChI is InChI=1S/C16H17N5O/c17-10-13-2-1-3-16(19-13)21-9-8-20(11-15(22)12-21)14-4-6-18-7-5-14/h1-7,15,22H,8-9,11-12H2/t15-/m1/s1. The highest BCUT2D eigenvalue weighted by atomic mass is 16.3. The zero-order valence-electron chi connectivity index (χ0n) is 12.1. The molecule has 0 aromatic carbocycles. The smallest absolute Gasteiger partial charge is 0.142 e. The van der Waals surface area contributed by atoms with E-state index in [1.165, 1.54) is 0 Å². The molecular weight excluding hydrogens is 278 g/mol. The van der Waals surface area contributed by atoms with Crippen LogP contribution >= 0.6 is 0 Å². The average Bonchev–Trinajstić information content (AvgIpc) is 2.77. The first-order valence-electron chi connectivity index (χ1n) is 7.21. The van der Waals surface area contributed by atoms with Crippen molar-refractivity contribution < 1.29 is 5.11 Å². The Morgan fingerprint density at radius 2 is 1.82 bits per heavy atom. The summed E-state index contributed by atoms with van der Waals surface area (Å²) in [6, 6.07) is 11.3. The van der Waals surface area contributed by atoms with E-state index in [0.717, 1.165) is 24.6 Å². The zero-order valence-corrected chi connectivity index (χ0v) is 12.1. The van der Waals surface area contributed by atoms with Crippen LogP contribution in [-0.4, -0.2) is 47.4 Å². The maximum atomic E-state index is 10.3. The Labute approximate surface area is 129 Å². The average molecular weight is 295 g/mol. The fourth-order valence-electron chi connectivity index (χ4n) is 2.65. The van der Waals surface area contributed by atoms with E-state index in [-0.39, 0.29) is 0 Å². The third-order valence-corrected chi connectivity index (χ3v) is 3.70. The molecule has 3 heterocycles. The topological polar surface area (TPSA) is 76.3 Å². The predicted molar refractivity (Wildman–Crippen MR) is 83.6 cm³/mol. The Hall–Kier alpha value is -2.65. The molecule has 1 atom stereocenters. The number of anilines is 2. The van der Waals surface area contributed by atoms with Gasteiger partial charge in [-0.15, -0.1) is 0 Å². The molecular formula is C16H17N5O. The lowest BCUT2D eigenvalue weighted by Crippen LogP contribution is -2.33. The van der Waals surface area contributed by atoms with E-state index in [2.05, 4.69) is 20.9 Å². The number of hydrogen-bond acceptors (Lipinski definition) is 6. The Bertz CT molecular complexity index is 670. The maximum Gasteiger partial charge on any atom is 0.142 e. The Balaban J connectivity index is 1.78. The van der Waals surface area contributed by atoms with Crippen molar-refractivity contribution in [3.8, 4) is 6.07 Å². The van der Waals surface area contributed by atoms with Crippen molar-refractivity contribution in [2.75, 3.05) is 36.0 Å². The van der Waals surface area contributed by atoms with Gasteiger partial charge in [0, 0.05) is 44.3 Å². The van der Waals surface area contributed by atoms with E-state index in [1.807, 2.05) is 29.2 Å². The molecule has 0 saturated carbocycles. The molecule has 1 aliphatic rings. The third-order valence-electron chi connectivity index (χ3n) is 3.70. The van der Waals surface area contributed by atoms with Gasteiger partial charge in [0.1, 0.15) is 17.6 Å². The van der Waals surface area contributed by atoms with Gasteiger partial charge in [-0.3, -0.25) is 4.98 Å². The molecule has 1 fully saturated rings. The molecule has 0 aliphatic carbocycles. The lowest BCUT2D eigenvalue weighted by molar-refractivity contribution is 0.191. The summed E-state index contributed by atoms with van der Waals surface area (Å²) in [5, 5.41) is 19.3. The first-order valence-corrected chi connectivity index (χ1v) is 7.21. The number of pyridine rings is 2. The molecule has 112 valence electrons. The second kappa shape index (κ2) is 6.41. The number of aliphatic hydroxyl groups is 1. The van der Waals surface area contributed by atoms with E-state index in [9.17, 15) is 5.11 Å². The van der Waals surface area contributed by atoms with Gasteiger partial charge < -0.3 is 14.9 Å². The van der Waals surface area contributed by atoms with Crippen LogP contribution in [-0.2, 0) is 0 Å². The minimum absolute atomic E-state index is 0.391. The first-order chi connectivity index (χ1) is 10.8. The molecule has 3 rings (SSSR count). The number of aromatic nitrogens is 2. The highest BCUT2D eigenvalue weighted by Gasteiger charge is 2.22. The molecule has 0 spiro atoms. The number of nitriles is 1. The Morgan fingerprint density at radius 3 is 2.59 bits per heavy atom. The van der Waals surface area contributed by atoms with Crippen LogP contribution in [0.25, 0.3) is 0 Å². The molecule has 6 nitrogen and oxygen atoms in total. The molecule has 1 N–H and O–H groups in total. The van der Waals surface area contributed by atoms with E-state index in [4.69, 9.17) is 5.26 Å². The highest BCUT2D eigenvalue weighted by molar-refractivity contribution is 5.47. The predicted octanol–water partition coefficient (Wildman–Crippen LogP) is 1.04. The van der Waals surface area contributed by atoms with Gasteiger partial charge in [-0.1, -0.05) is 6.07 Å². The van der Waals surface area contributed by atoms with Gasteiger partial charge in [0.2, 0.25) is 0 Å². The lowest BCUT2D eigenvalue weighted by atomic mass is 10.3. The van der Waals surface area contributed by atoms with E-state index >= 15 is 0 Å². The Morgan fingerprint density at radius 1 is 1.09 bits per heavy atom. The summed E-state index contributed by atoms with van der Waals surface area (Å²) in [5.74, 6) is 0.731. The molecule has 0 radical (unpaired) electrons. The number of hydrogen-bond donors (Lipinski definition) is 1. The van der Waals surface area contributed by atoms with E-state index in [1.54, 1.807) is 18.5 Å². The number of rotatable bonds is 2. The quantitative estimate of drug-likeness (QED) is 0.892. The fourth-order valence-corrected chi connectivity index (χ4v) is 2.65. The minimum atomic E-state index is -0.483. The van der Waals surface area contributed by atoms with Crippen LogP contribution in [0.5, 0.6) is 0 Å². The van der Waals surface area contributed by atoms with Crippen LogP contribution in [0.1, 0.15) is 5.69 Å². The molecule has 0 amide bonds. The summed E-state index contributed by atoms with van der Waals surface area (Å²) < 4.78 is 0. The number of aliphatic hydroxyl groups excluding tert-OH is 1. The molecule has 0 unspecified atom stereocenters. The zero-order chi connectivity index (χ0) is 15.4. The van der Waals surface area contributed by atoms with E-state index < -0.39 is 6.10 Å². The van der Waals surface area contributed by atoms with Gasteiger partial charge in [-0.05, 0) is 24.3 Å². The second-order valence-electron chi connectivity index (χ2n) is 5.24. The second-order valence-corrected chi connectivity index (χ2v) is 5.24. The van der Waals surface area contributed by atoms with Gasteiger partial charge in [0.25, 0.3) is 0 Å². The van der Waals surface area contributed by atoms with Crippen LogP contribution in [0.2, 0.25) is 0 Å². The monoisotopic (exact) mass is 295 g/mol. The normalized spacial score (nSPS) is 18.6. The summed E-state index contributed by atoms with van der Waals surface area (Å²) in [6.07, 6.45) is 3.02. The fraction of sp³-hybridized carbons (Fsp3) is 0.312. The SMILES string of the molecule is N#Cc1cccc(N2CCN(c3ccncc3)C[C@@H](O)C2)n1. The van der Waals surface area contributed by atoms with E-state index in [0.29, 0.717) is 18.8 Å². The largest absolute Gasteiger partial charge is 0.389 e. The number of nitrogens with zero attached hydrogens (tertiary/aromatic N) is 5. The van der Waals surface area contributed by atoms with Gasteiger partial charge in [0.05, 0.1) is 6.10 Å². The molecule has 22 heavy (non-hydrogen) atoms. The summed E-state index contributed by atoms with van der Waals surface area (Å²) in [5.41, 5.74) is 1.44. The van der Waals surface area contributed by atoms with Crippen molar-refractivity contribution in [3.05, 3.63) is 48.4 Å². The molecule has 1 aliphatic heterocycles. The van der Waals surface area contributed by atoms with Crippen molar-refractivity contribution in [2.24, 2.45) is 0 Å². The molecule has 6 heteroatoms. The van der Waals surface area contributed by atoms with Crippen molar-refractivity contribution in [2.45, 2.75) is 6.10 Å². The summed E-state index contributed by atoms with van der Waals surface area (Å²) in [7, 11) is 0. The van der Waals surface area contributed by atoms with Crippen LogP contribution in [0, 0.1) is 11.3 Å². The van der Waals surface area contributed by atoms with Crippen LogP contribution in [0.4, 0.5) is 11.5 Å². The van der Waals surface area contributed by atoms with Gasteiger partial charge in [0.15, 0.2) is 0 Å². The van der Waals surface area contributed by atoms with Crippen LogP contribution in [0.3, 0.4) is 0 Å². The third kappa shape index (κ3) is 3.15. The van der Waals surface area contributed by atoms with Crippen molar-refractivity contribution in [1.29, 1.82) is 5.26 Å². The van der Waals surface area contributed by atoms with Gasteiger partial charge in [-0.25, -0.2) is 4.98 Å². The van der Waals surface area contributed by atoms with Gasteiger partial charge in [-0.2, -0.15) is 5.26 Å². The van der Waals surface area contributed by atoms with Crippen molar-refractivity contribution in [1.82, 2.24) is 9.97 Å². The molecule has 2 aromatic heterocycles. The summed E-state index contributed by atoms with van der Waals surface area (Å²) in [4.78, 5) is 12.5. The van der Waals surface area contributed by atoms with Crippen molar-refractivity contribution in [3.63, 3.8) is 0 Å². The Kier molecular flexibility index (Phi) is 4.17. The lowest BCUT2D eigenvalue weighted by Gasteiger charge is -2.23. The number of β-amino-alcohol motifs (C(OH)–C–C–N with tert-alkyl or cyclic N) is 1. The maximum absolute atomic E-state index is 10.3. The van der Waals surface area contributed by atoms with Gasteiger partial charge >= 0.3 is 0 Å². The minimum Gasteiger partial charge on any atom is -0.389 e. The van der Waals surface area contributed by atoms with Crippen molar-refractivity contribution >= 4 is 11.5 Å². The molecule has 2 aromatic rings. The van der Waals surface area contributed by atoms with Crippen LogP contribution in [0.15, 0.2) is 42.7 Å². The summed E-state index contributed by atoms with van der Waals surface area (Å²) >= 11 is 0. The van der Waals surface area contributed by atoms with Crippen LogP contribution < -0.4 is 9.80 Å².